The first-order chi connectivity index (χ1) is 11.7. The molecule has 0 saturated carbocycles. The van der Waals surface area contributed by atoms with Crippen LogP contribution in [0.3, 0.4) is 0 Å². The lowest BCUT2D eigenvalue weighted by molar-refractivity contribution is 0.222. The normalized spacial score (nSPS) is 17.4. The van der Waals surface area contributed by atoms with Gasteiger partial charge in [-0.05, 0) is 33.3 Å². The van der Waals surface area contributed by atoms with E-state index in [4.69, 9.17) is 4.74 Å². The van der Waals surface area contributed by atoms with Gasteiger partial charge in [-0.3, -0.25) is 0 Å². The lowest BCUT2D eigenvalue weighted by Crippen LogP contribution is -2.24. The molecule has 0 amide bonds. The molecule has 0 unspecified atom stereocenters. The highest BCUT2D eigenvalue weighted by Crippen LogP contribution is 2.31. The summed E-state index contributed by atoms with van der Waals surface area (Å²) < 4.78 is 20.0. The minimum atomic E-state index is -0.322. The van der Waals surface area contributed by atoms with E-state index in [1.54, 1.807) is 6.07 Å². The number of hydrogen-bond acceptors (Lipinski definition) is 8. The van der Waals surface area contributed by atoms with Crippen molar-refractivity contribution in [3.8, 4) is 16.6 Å². The standard InChI is InChI=1S/C13H11BrFN7OS/c14-9-2-1-7(15)5-10(9)23-8-3-4-22(6-8)13-19-18-12(24-13)11-16-20-21-17-11/h1-2,5,8H,3-4,6H2,(H,16,17,20,21)/t8-/m0/s1. The second-order valence-corrected chi connectivity index (χ2v) is 6.98. The molecule has 2 aromatic heterocycles. The predicted octanol–water partition coefficient (Wildman–Crippen LogP) is 2.28. The van der Waals surface area contributed by atoms with Crippen LogP contribution in [0.25, 0.3) is 10.8 Å². The lowest BCUT2D eigenvalue weighted by atomic mass is 10.3. The van der Waals surface area contributed by atoms with Gasteiger partial charge in [-0.25, -0.2) is 4.39 Å². The monoisotopic (exact) mass is 411 g/mol. The third-order valence-corrected chi connectivity index (χ3v) is 5.19. The topological polar surface area (TPSA) is 92.7 Å². The van der Waals surface area contributed by atoms with E-state index in [0.29, 0.717) is 23.1 Å². The van der Waals surface area contributed by atoms with E-state index in [1.807, 2.05) is 0 Å². The van der Waals surface area contributed by atoms with Crippen molar-refractivity contribution in [2.45, 2.75) is 12.5 Å². The maximum atomic E-state index is 13.4. The fourth-order valence-electron chi connectivity index (χ4n) is 2.43. The summed E-state index contributed by atoms with van der Waals surface area (Å²) in [4.78, 5) is 2.08. The third-order valence-electron chi connectivity index (χ3n) is 3.55. The molecule has 0 aliphatic carbocycles. The van der Waals surface area contributed by atoms with Gasteiger partial charge in [-0.2, -0.15) is 5.21 Å². The van der Waals surface area contributed by atoms with Crippen molar-refractivity contribution in [1.29, 1.82) is 0 Å². The van der Waals surface area contributed by atoms with Crippen LogP contribution >= 0.6 is 27.3 Å². The van der Waals surface area contributed by atoms with E-state index in [0.717, 1.165) is 22.6 Å². The van der Waals surface area contributed by atoms with Crippen LogP contribution < -0.4 is 9.64 Å². The van der Waals surface area contributed by atoms with Gasteiger partial charge >= 0.3 is 0 Å². The number of aromatic nitrogens is 6. The molecule has 124 valence electrons. The Kier molecular flexibility index (Phi) is 4.10. The molecule has 1 N–H and O–H groups in total. The van der Waals surface area contributed by atoms with E-state index in [1.165, 1.54) is 23.5 Å². The van der Waals surface area contributed by atoms with Crippen LogP contribution in [-0.2, 0) is 0 Å². The summed E-state index contributed by atoms with van der Waals surface area (Å²) in [6.45, 7) is 1.45. The molecular formula is C13H11BrFN7OS. The smallest absolute Gasteiger partial charge is 0.235 e. The molecule has 0 bridgehead atoms. The molecular weight excluding hydrogens is 401 g/mol. The molecule has 24 heavy (non-hydrogen) atoms. The Morgan fingerprint density at radius 2 is 2.25 bits per heavy atom. The summed E-state index contributed by atoms with van der Waals surface area (Å²) in [5.74, 6) is 0.609. The number of halogens is 2. The number of aromatic amines is 1. The van der Waals surface area contributed by atoms with E-state index in [-0.39, 0.29) is 11.9 Å². The second-order valence-electron chi connectivity index (χ2n) is 5.17. The van der Waals surface area contributed by atoms with E-state index >= 15 is 0 Å². The van der Waals surface area contributed by atoms with Crippen LogP contribution in [-0.4, -0.2) is 50.0 Å². The average molecular weight is 412 g/mol. The van der Waals surface area contributed by atoms with Crippen molar-refractivity contribution < 1.29 is 9.13 Å². The molecule has 1 aliphatic rings. The summed E-state index contributed by atoms with van der Waals surface area (Å²) in [6, 6.07) is 4.41. The number of nitrogens with one attached hydrogen (secondary N) is 1. The molecule has 1 aliphatic heterocycles. The first kappa shape index (κ1) is 15.4. The lowest BCUT2D eigenvalue weighted by Gasteiger charge is -2.16. The van der Waals surface area contributed by atoms with Crippen LogP contribution in [0.2, 0.25) is 0 Å². The number of nitrogens with zero attached hydrogens (tertiary/aromatic N) is 6. The van der Waals surface area contributed by atoms with E-state index in [9.17, 15) is 4.39 Å². The second kappa shape index (κ2) is 6.40. The molecule has 3 heterocycles. The van der Waals surface area contributed by atoms with Crippen LogP contribution in [0.5, 0.6) is 5.75 Å². The Hall–Kier alpha value is -2.14. The highest BCUT2D eigenvalue weighted by molar-refractivity contribution is 9.10. The Morgan fingerprint density at radius 3 is 3.08 bits per heavy atom. The number of rotatable bonds is 4. The van der Waals surface area contributed by atoms with Gasteiger partial charge in [-0.15, -0.1) is 20.4 Å². The number of hydrogen-bond donors (Lipinski definition) is 1. The van der Waals surface area contributed by atoms with Crippen molar-refractivity contribution in [2.24, 2.45) is 0 Å². The minimum Gasteiger partial charge on any atom is -0.487 e. The quantitative estimate of drug-likeness (QED) is 0.703. The van der Waals surface area contributed by atoms with Gasteiger partial charge in [0.1, 0.15) is 17.7 Å². The summed E-state index contributed by atoms with van der Waals surface area (Å²) in [5, 5.41) is 23.3. The third kappa shape index (κ3) is 3.08. The van der Waals surface area contributed by atoms with Gasteiger partial charge in [0.2, 0.25) is 11.0 Å². The SMILES string of the molecule is Fc1ccc(Br)c(O[C@H]2CCN(c3nnc(-c4nn[nH]n4)s3)C2)c1. The first-order valence-electron chi connectivity index (χ1n) is 7.13. The van der Waals surface area contributed by atoms with Crippen LogP contribution in [0.15, 0.2) is 22.7 Å². The largest absolute Gasteiger partial charge is 0.487 e. The molecule has 1 fully saturated rings. The number of H-pyrrole nitrogens is 1. The zero-order valence-corrected chi connectivity index (χ0v) is 14.6. The van der Waals surface area contributed by atoms with E-state index in [2.05, 4.69) is 51.7 Å². The van der Waals surface area contributed by atoms with Gasteiger partial charge in [0.15, 0.2) is 5.01 Å². The molecule has 3 aromatic rings. The number of tetrazole rings is 1. The van der Waals surface area contributed by atoms with Crippen molar-refractivity contribution in [2.75, 3.05) is 18.0 Å². The first-order valence-corrected chi connectivity index (χ1v) is 8.74. The molecule has 8 nitrogen and oxygen atoms in total. The van der Waals surface area contributed by atoms with Gasteiger partial charge in [-0.1, -0.05) is 11.3 Å². The van der Waals surface area contributed by atoms with Crippen molar-refractivity contribution in [1.82, 2.24) is 30.8 Å². The molecule has 1 saturated heterocycles. The number of benzene rings is 1. The van der Waals surface area contributed by atoms with Crippen LogP contribution in [0.1, 0.15) is 6.42 Å². The highest BCUT2D eigenvalue weighted by atomic mass is 79.9. The van der Waals surface area contributed by atoms with Gasteiger partial charge < -0.3 is 9.64 Å². The maximum absolute atomic E-state index is 13.4. The van der Waals surface area contributed by atoms with Crippen molar-refractivity contribution in [3.05, 3.63) is 28.5 Å². The fraction of sp³-hybridized carbons (Fsp3) is 0.308. The Bertz CT molecular complexity index is 843. The summed E-state index contributed by atoms with van der Waals surface area (Å²) in [6.07, 6.45) is 0.778. The van der Waals surface area contributed by atoms with E-state index < -0.39 is 0 Å². The highest BCUT2D eigenvalue weighted by Gasteiger charge is 2.27. The molecule has 11 heteroatoms. The average Bonchev–Trinajstić information content (AvgIpc) is 3.30. The molecule has 0 spiro atoms. The number of ether oxygens (including phenoxy) is 1. The van der Waals surface area contributed by atoms with Crippen molar-refractivity contribution >= 4 is 32.4 Å². The van der Waals surface area contributed by atoms with Gasteiger partial charge in [0.05, 0.1) is 11.0 Å². The van der Waals surface area contributed by atoms with Crippen LogP contribution in [0, 0.1) is 5.82 Å². The van der Waals surface area contributed by atoms with Gasteiger partial charge in [0.25, 0.3) is 0 Å². The summed E-state index contributed by atoms with van der Waals surface area (Å²) >= 11 is 4.77. The fourth-order valence-corrected chi connectivity index (χ4v) is 3.58. The van der Waals surface area contributed by atoms with Crippen molar-refractivity contribution in [3.63, 3.8) is 0 Å². The Balaban J connectivity index is 1.44. The summed E-state index contributed by atoms with van der Waals surface area (Å²) in [5.41, 5.74) is 0. The molecule has 0 radical (unpaired) electrons. The molecule has 4 rings (SSSR count). The predicted molar refractivity (Wildman–Crippen MR) is 88.4 cm³/mol. The Morgan fingerprint density at radius 1 is 1.33 bits per heavy atom. The Labute approximate surface area is 148 Å². The zero-order chi connectivity index (χ0) is 16.5. The zero-order valence-electron chi connectivity index (χ0n) is 12.2. The molecule has 1 aromatic carbocycles. The minimum absolute atomic E-state index is 0.0411. The van der Waals surface area contributed by atoms with Crippen LogP contribution in [0.4, 0.5) is 9.52 Å². The maximum Gasteiger partial charge on any atom is 0.235 e. The molecule has 1 atom stereocenters. The summed E-state index contributed by atoms with van der Waals surface area (Å²) in [7, 11) is 0. The van der Waals surface area contributed by atoms with Gasteiger partial charge in [0, 0.05) is 19.0 Å². The number of anilines is 1.